The van der Waals surface area contributed by atoms with Gasteiger partial charge in [-0.1, -0.05) is 57.9 Å². The first-order valence-corrected chi connectivity index (χ1v) is 9.89. The van der Waals surface area contributed by atoms with Gasteiger partial charge in [0.25, 0.3) is 0 Å². The van der Waals surface area contributed by atoms with E-state index in [1.165, 1.54) is 44.9 Å². The molecule has 0 amide bonds. The molecule has 0 aliphatic heterocycles. The van der Waals surface area contributed by atoms with Crippen molar-refractivity contribution >= 4 is 0 Å². The lowest BCUT2D eigenvalue weighted by Crippen LogP contribution is -2.51. The van der Waals surface area contributed by atoms with Gasteiger partial charge in [0, 0.05) is 5.41 Å². The Hall–Kier alpha value is -0.520. The van der Waals surface area contributed by atoms with Crippen LogP contribution in [0.1, 0.15) is 72.6 Å². The minimum atomic E-state index is 0.381. The minimum absolute atomic E-state index is 0.381. The van der Waals surface area contributed by atoms with Crippen LogP contribution in [0, 0.1) is 40.4 Å². The Kier molecular flexibility index (Phi) is 3.41. The van der Waals surface area contributed by atoms with E-state index in [1.807, 2.05) is 0 Å². The molecule has 1 unspecified atom stereocenters. The number of fused-ring (bicyclic) bond motifs is 5. The topological polar surface area (TPSA) is 0 Å². The monoisotopic (exact) mass is 298 g/mol. The zero-order valence-corrected chi connectivity index (χ0v) is 15.1. The first-order chi connectivity index (χ1) is 10.5. The van der Waals surface area contributed by atoms with Gasteiger partial charge in [0.2, 0.25) is 0 Å². The van der Waals surface area contributed by atoms with E-state index in [2.05, 4.69) is 45.9 Å². The Balaban J connectivity index is 1.71. The fraction of sp³-hybridized carbons (Fsp3) is 0.818. The molecule has 0 heterocycles. The van der Waals surface area contributed by atoms with Crippen LogP contribution >= 0.6 is 0 Å². The van der Waals surface area contributed by atoms with Crippen molar-refractivity contribution in [2.45, 2.75) is 72.6 Å². The van der Waals surface area contributed by atoms with Gasteiger partial charge in [0.1, 0.15) is 0 Å². The molecular weight excluding hydrogens is 264 g/mol. The summed E-state index contributed by atoms with van der Waals surface area (Å²) in [5, 5.41) is 0. The summed E-state index contributed by atoms with van der Waals surface area (Å²) in [6, 6.07) is 0. The van der Waals surface area contributed by atoms with Gasteiger partial charge in [-0.25, -0.2) is 0 Å². The number of hydrogen-bond donors (Lipinski definition) is 0. The lowest BCUT2D eigenvalue weighted by atomic mass is 9.46. The molecule has 0 bridgehead atoms. The molecule has 0 N–H and O–H groups in total. The first-order valence-electron chi connectivity index (χ1n) is 9.89. The van der Waals surface area contributed by atoms with Gasteiger partial charge in [-0.05, 0) is 73.5 Å². The van der Waals surface area contributed by atoms with E-state index in [0.717, 1.165) is 29.6 Å². The molecule has 4 aliphatic rings. The Labute approximate surface area is 137 Å². The van der Waals surface area contributed by atoms with Gasteiger partial charge in [-0.15, -0.1) is 0 Å². The largest absolute Gasteiger partial charge is 0.0839 e. The van der Waals surface area contributed by atoms with Gasteiger partial charge >= 0.3 is 0 Å². The molecule has 22 heavy (non-hydrogen) atoms. The molecule has 7 atom stereocenters. The van der Waals surface area contributed by atoms with Gasteiger partial charge in [-0.2, -0.15) is 0 Å². The maximum absolute atomic E-state index is 2.66. The minimum Gasteiger partial charge on any atom is -0.0839 e. The average Bonchev–Trinajstić information content (AvgIpc) is 2.84. The van der Waals surface area contributed by atoms with Crippen molar-refractivity contribution in [1.29, 1.82) is 0 Å². The van der Waals surface area contributed by atoms with Crippen molar-refractivity contribution in [3.8, 4) is 0 Å². The highest BCUT2D eigenvalue weighted by atomic mass is 14.6. The van der Waals surface area contributed by atoms with Crippen molar-refractivity contribution in [2.75, 3.05) is 0 Å². The molecule has 0 radical (unpaired) electrons. The van der Waals surface area contributed by atoms with Crippen LogP contribution in [0.2, 0.25) is 0 Å². The van der Waals surface area contributed by atoms with Crippen LogP contribution < -0.4 is 0 Å². The lowest BCUT2D eigenvalue weighted by Gasteiger charge is -2.58. The van der Waals surface area contributed by atoms with Crippen LogP contribution in [-0.4, -0.2) is 0 Å². The van der Waals surface area contributed by atoms with Gasteiger partial charge in [0.05, 0.1) is 0 Å². The highest BCUT2D eigenvalue weighted by molar-refractivity contribution is 5.33. The van der Waals surface area contributed by atoms with Crippen molar-refractivity contribution < 1.29 is 0 Å². The second-order valence-electron chi connectivity index (χ2n) is 9.32. The smallest absolute Gasteiger partial charge is 0.00963 e. The predicted molar refractivity (Wildman–Crippen MR) is 94.6 cm³/mol. The molecule has 0 saturated heterocycles. The maximum atomic E-state index is 2.66. The maximum Gasteiger partial charge on any atom is 0.00963 e. The summed E-state index contributed by atoms with van der Waals surface area (Å²) in [6.07, 6.45) is 17.6. The molecule has 0 aromatic carbocycles. The Morgan fingerprint density at radius 1 is 1.14 bits per heavy atom. The summed E-state index contributed by atoms with van der Waals surface area (Å²) >= 11 is 0. The van der Waals surface area contributed by atoms with Crippen LogP contribution in [0.3, 0.4) is 0 Å². The van der Waals surface area contributed by atoms with E-state index < -0.39 is 0 Å². The highest BCUT2D eigenvalue weighted by Gasteiger charge is 2.58. The second kappa shape index (κ2) is 4.99. The number of rotatable bonds is 1. The highest BCUT2D eigenvalue weighted by Crippen LogP contribution is 2.67. The average molecular weight is 299 g/mol. The van der Waals surface area contributed by atoms with Gasteiger partial charge in [0.15, 0.2) is 0 Å². The normalized spacial score (nSPS) is 53.5. The molecular formula is C22H34. The molecule has 0 spiro atoms. The Morgan fingerprint density at radius 2 is 1.95 bits per heavy atom. The second-order valence-corrected chi connectivity index (χ2v) is 9.32. The molecule has 0 heteroatoms. The molecule has 4 aliphatic carbocycles. The van der Waals surface area contributed by atoms with E-state index >= 15 is 0 Å². The molecule has 122 valence electrons. The summed E-state index contributed by atoms with van der Waals surface area (Å²) < 4.78 is 0. The summed E-state index contributed by atoms with van der Waals surface area (Å²) in [5.41, 5.74) is 2.82. The van der Waals surface area contributed by atoms with Crippen molar-refractivity contribution in [3.05, 3.63) is 23.8 Å². The fourth-order valence-corrected chi connectivity index (χ4v) is 7.57. The van der Waals surface area contributed by atoms with Gasteiger partial charge in [-0.3, -0.25) is 0 Å². The SMILES string of the molecule is CC[C@H]1CC[C@H]2[C@@H]3CC(C)C4=CCC=C[C@]4(C)[C@H]3CC[C@]12C. The lowest BCUT2D eigenvalue weighted by molar-refractivity contribution is -0.0438. The van der Waals surface area contributed by atoms with E-state index in [4.69, 9.17) is 0 Å². The molecule has 3 fully saturated rings. The zero-order valence-electron chi connectivity index (χ0n) is 15.1. The van der Waals surface area contributed by atoms with Crippen LogP contribution in [-0.2, 0) is 0 Å². The summed E-state index contributed by atoms with van der Waals surface area (Å²) in [4.78, 5) is 0. The zero-order chi connectivity index (χ0) is 15.5. The van der Waals surface area contributed by atoms with E-state index in [0.29, 0.717) is 10.8 Å². The third kappa shape index (κ3) is 1.82. The Bertz CT molecular complexity index is 512. The summed E-state index contributed by atoms with van der Waals surface area (Å²) in [5.74, 6) is 4.71. The standard InChI is InChI=1S/C22H34/c1-5-16-9-10-19-17-14-15(2)18-8-6-7-12-22(18,4)20(17)11-13-21(16,19)3/h7-8,12,15-17,19-20H,5-6,9-11,13-14H2,1-4H3/t15?,16-,17-,19-,20-,21+,22-/m0/s1. The fourth-order valence-electron chi connectivity index (χ4n) is 7.57. The third-order valence-corrected chi connectivity index (χ3v) is 8.61. The first kappa shape index (κ1) is 15.0. The van der Waals surface area contributed by atoms with Gasteiger partial charge < -0.3 is 0 Å². The van der Waals surface area contributed by atoms with Crippen LogP contribution in [0.4, 0.5) is 0 Å². The van der Waals surface area contributed by atoms with Crippen molar-refractivity contribution in [3.63, 3.8) is 0 Å². The molecule has 4 rings (SSSR count). The third-order valence-electron chi connectivity index (χ3n) is 8.61. The molecule has 0 nitrogen and oxygen atoms in total. The van der Waals surface area contributed by atoms with E-state index in [-0.39, 0.29) is 0 Å². The quantitative estimate of drug-likeness (QED) is 0.492. The van der Waals surface area contributed by atoms with E-state index in [9.17, 15) is 0 Å². The van der Waals surface area contributed by atoms with E-state index in [1.54, 1.807) is 5.57 Å². The number of hydrogen-bond acceptors (Lipinski definition) is 0. The molecule has 0 aromatic heterocycles. The van der Waals surface area contributed by atoms with Crippen LogP contribution in [0.15, 0.2) is 23.8 Å². The Morgan fingerprint density at radius 3 is 2.73 bits per heavy atom. The van der Waals surface area contributed by atoms with Crippen LogP contribution in [0.25, 0.3) is 0 Å². The molecule has 3 saturated carbocycles. The summed E-state index contributed by atoms with van der Waals surface area (Å²) in [7, 11) is 0. The molecule has 0 aromatic rings. The van der Waals surface area contributed by atoms with Crippen LogP contribution in [0.5, 0.6) is 0 Å². The summed E-state index contributed by atoms with van der Waals surface area (Å²) in [6.45, 7) is 10.2. The van der Waals surface area contributed by atoms with Crippen molar-refractivity contribution in [1.82, 2.24) is 0 Å². The number of allylic oxidation sites excluding steroid dienone is 4. The predicted octanol–water partition coefficient (Wildman–Crippen LogP) is 6.39. The van der Waals surface area contributed by atoms with Crippen molar-refractivity contribution in [2.24, 2.45) is 40.4 Å².